The first-order chi connectivity index (χ1) is 59.0. The van der Waals surface area contributed by atoms with Crippen LogP contribution in [0.15, 0.2) is 417 Å². The summed E-state index contributed by atoms with van der Waals surface area (Å²) in [7, 11) is 0. The average molecular weight is 1550 g/mol. The van der Waals surface area contributed by atoms with Gasteiger partial charge in [0.1, 0.15) is 11.2 Å². The molecule has 4 aliphatic rings. The lowest BCUT2D eigenvalue weighted by Gasteiger charge is -2.35. The number of benzene rings is 18. The van der Waals surface area contributed by atoms with Gasteiger partial charge in [-0.15, -0.1) is 11.3 Å². The van der Waals surface area contributed by atoms with Crippen molar-refractivity contribution < 1.29 is 4.42 Å². The Labute approximate surface area is 703 Å². The van der Waals surface area contributed by atoms with Crippen molar-refractivity contribution in [2.45, 2.75) is 49.4 Å². The van der Waals surface area contributed by atoms with E-state index in [1.54, 1.807) is 0 Å². The molecule has 1 atom stereocenters. The third-order valence-corrected chi connectivity index (χ3v) is 28.4. The van der Waals surface area contributed by atoms with Crippen LogP contribution in [0.5, 0.6) is 0 Å². The van der Waals surface area contributed by atoms with Crippen molar-refractivity contribution in [1.82, 2.24) is 0 Å². The summed E-state index contributed by atoms with van der Waals surface area (Å²) in [6.07, 6.45) is 0. The van der Waals surface area contributed by atoms with Crippen molar-refractivity contribution >= 4 is 87.6 Å². The molecule has 1 unspecified atom stereocenters. The van der Waals surface area contributed by atoms with E-state index in [1.807, 2.05) is 11.3 Å². The van der Waals surface area contributed by atoms with E-state index in [0.29, 0.717) is 0 Å². The quantitative estimate of drug-likeness (QED) is 0.115. The molecule has 18 aromatic carbocycles. The van der Waals surface area contributed by atoms with Gasteiger partial charge in [0.25, 0.3) is 0 Å². The lowest BCUT2D eigenvalue weighted by Crippen LogP contribution is -2.29. The molecule has 0 saturated carbocycles. The van der Waals surface area contributed by atoms with Crippen LogP contribution in [0.4, 0.5) is 34.1 Å². The molecule has 24 rings (SSSR count). The number of hydrogen-bond acceptors (Lipinski definition) is 4. The van der Waals surface area contributed by atoms with Crippen molar-refractivity contribution in [2.75, 3.05) is 9.80 Å². The number of thiophene rings is 1. The van der Waals surface area contributed by atoms with Gasteiger partial charge in [-0.1, -0.05) is 343 Å². The van der Waals surface area contributed by atoms with E-state index in [0.717, 1.165) is 83.9 Å². The fraction of sp³-hybridized carbons (Fsp3) is 0.0690. The van der Waals surface area contributed by atoms with E-state index < -0.39 is 10.8 Å². The Bertz CT molecular complexity index is 7590. The maximum absolute atomic E-state index is 7.33. The predicted octanol–water partition coefficient (Wildman–Crippen LogP) is 31.2. The van der Waals surface area contributed by atoms with Crippen LogP contribution >= 0.6 is 11.3 Å². The normalized spacial score (nSPS) is 15.1. The van der Waals surface area contributed by atoms with Crippen LogP contribution in [-0.4, -0.2) is 0 Å². The molecule has 3 nitrogen and oxygen atoms in total. The van der Waals surface area contributed by atoms with Gasteiger partial charge in [-0.25, -0.2) is 0 Å². The second-order valence-electron chi connectivity index (χ2n) is 34.0. The second kappa shape index (κ2) is 26.5. The van der Waals surface area contributed by atoms with E-state index in [2.05, 4.69) is 450 Å². The molecular formula is C116H80N2OS. The first kappa shape index (κ1) is 69.8. The van der Waals surface area contributed by atoms with Crippen molar-refractivity contribution in [2.24, 2.45) is 0 Å². The van der Waals surface area contributed by atoms with Gasteiger partial charge in [0, 0.05) is 81.2 Å². The minimum absolute atomic E-state index is 0.229. The first-order valence-corrected chi connectivity index (χ1v) is 42.7. The number of para-hydroxylation sites is 3. The number of fused-ring (bicyclic) bond motifs is 18. The maximum atomic E-state index is 7.33. The summed E-state index contributed by atoms with van der Waals surface area (Å²) in [6.45, 7) is 9.55. The second-order valence-corrected chi connectivity index (χ2v) is 35.1. The van der Waals surface area contributed by atoms with Crippen LogP contribution in [0.3, 0.4) is 0 Å². The molecule has 0 fully saturated rings. The minimum atomic E-state index is -0.770. The largest absolute Gasteiger partial charge is 0.455 e. The smallest absolute Gasteiger partial charge is 0.143 e. The molecule has 4 heteroatoms. The summed E-state index contributed by atoms with van der Waals surface area (Å²) in [5.41, 5.74) is 38.3. The monoisotopic (exact) mass is 1550 g/mol. The Morgan fingerprint density at radius 3 is 1.08 bits per heavy atom. The summed E-state index contributed by atoms with van der Waals surface area (Å²) in [4.78, 5) is 5.08. The highest BCUT2D eigenvalue weighted by atomic mass is 32.1. The van der Waals surface area contributed by atoms with E-state index in [1.165, 1.54) is 137 Å². The van der Waals surface area contributed by atoms with Gasteiger partial charge >= 0.3 is 0 Å². The van der Waals surface area contributed by atoms with Crippen molar-refractivity contribution in [3.05, 3.63) is 479 Å². The summed E-state index contributed by atoms with van der Waals surface area (Å²) in [5, 5.41) is 4.68. The van der Waals surface area contributed by atoms with Crippen LogP contribution < -0.4 is 9.80 Å². The molecule has 0 N–H and O–H groups in total. The van der Waals surface area contributed by atoms with Crippen molar-refractivity contribution in [1.29, 1.82) is 0 Å². The van der Waals surface area contributed by atoms with Crippen LogP contribution in [0.1, 0.15) is 94.5 Å². The molecule has 120 heavy (non-hydrogen) atoms. The zero-order valence-corrected chi connectivity index (χ0v) is 67.8. The SMILES string of the molecule is CC1(C)c2ccccc2-c2ccc(N(c3ccc4c(c3)C(c3ccccc3)(c3ccccc3)c3ccccc3-4)c3ccccc3-c3ccc4oc5c(-c6cccc(C7(c8ccccc8)c8ccccc8-c8ccc(N(c9ccc%10c(c9)C(C)(C)c9ccccc9-%10)c9ccccc9-c9ccc%10sc%11ccccc%11c%10c9)cc87)c6)cccc5c4c3)cc21. The van der Waals surface area contributed by atoms with Gasteiger partial charge in [0.15, 0.2) is 0 Å². The lowest BCUT2D eigenvalue weighted by molar-refractivity contribution is 0.660. The van der Waals surface area contributed by atoms with E-state index >= 15 is 0 Å². The Hall–Kier alpha value is -14.4. The molecule has 4 aliphatic carbocycles. The van der Waals surface area contributed by atoms with E-state index in [9.17, 15) is 0 Å². The van der Waals surface area contributed by atoms with Gasteiger partial charge in [-0.05, 0) is 225 Å². The third kappa shape index (κ3) is 10.1. The zero-order valence-electron chi connectivity index (χ0n) is 67.0. The molecular weight excluding hydrogens is 1470 g/mol. The van der Waals surface area contributed by atoms with E-state index in [-0.39, 0.29) is 10.8 Å². The molecule has 2 aromatic heterocycles. The molecule has 566 valence electrons. The molecule has 20 aromatic rings. The van der Waals surface area contributed by atoms with Gasteiger partial charge in [0.05, 0.1) is 22.2 Å². The van der Waals surface area contributed by atoms with Gasteiger partial charge in [-0.2, -0.15) is 0 Å². The standard InChI is InChI=1S/C116H80N2OS/c1-113(2)99-47-21-14-40-87(99)91-60-56-80(69-103(91)113)117(82-58-62-93-89-42-16-23-49-101(89)115(105(93)71-82,76-31-8-5-9-32-76)77-33-10-6-11-34-77)107-51-25-18-38-84(107)74-54-64-109-97(67-74)96-46-29-45-86(112(96)119-109)73-30-28-37-79(66-73)116(78-35-12-7-13-36-78)102-50-24-17-43-90(102)94-63-59-83(72-106(94)116)118(81-57-61-92-88-41-15-22-48-100(88)114(3,4)104(92)70-81)108-52-26-19-39-85(108)75-55-65-111-98(68-75)95-44-20-27-53-110(95)120-111/h5-72H,1-4H3. The van der Waals surface area contributed by atoms with Crippen molar-refractivity contribution in [3.8, 4) is 77.9 Å². The number of furan rings is 1. The van der Waals surface area contributed by atoms with E-state index in [4.69, 9.17) is 4.42 Å². The van der Waals surface area contributed by atoms with Gasteiger partial charge in [0.2, 0.25) is 0 Å². The molecule has 0 saturated heterocycles. The Morgan fingerprint density at radius 2 is 0.567 bits per heavy atom. The summed E-state index contributed by atoms with van der Waals surface area (Å²) in [5.74, 6) is 0. The highest BCUT2D eigenvalue weighted by molar-refractivity contribution is 7.25. The number of anilines is 6. The minimum Gasteiger partial charge on any atom is -0.455 e. The molecule has 0 aliphatic heterocycles. The summed E-state index contributed by atoms with van der Waals surface area (Å²) in [6, 6.07) is 156. The lowest BCUT2D eigenvalue weighted by atomic mass is 9.67. The Balaban J connectivity index is 0.660. The van der Waals surface area contributed by atoms with Gasteiger partial charge in [-0.3, -0.25) is 0 Å². The zero-order chi connectivity index (χ0) is 79.7. The maximum Gasteiger partial charge on any atom is 0.143 e. The fourth-order valence-electron chi connectivity index (χ4n) is 21.8. The van der Waals surface area contributed by atoms with Crippen LogP contribution in [0.25, 0.3) is 120 Å². The van der Waals surface area contributed by atoms with Crippen molar-refractivity contribution in [3.63, 3.8) is 0 Å². The van der Waals surface area contributed by atoms with Crippen LogP contribution in [-0.2, 0) is 21.7 Å². The third-order valence-electron chi connectivity index (χ3n) is 27.2. The fourth-order valence-corrected chi connectivity index (χ4v) is 22.9. The Morgan fingerprint density at radius 1 is 0.217 bits per heavy atom. The molecule has 2 heterocycles. The number of rotatable bonds is 13. The highest BCUT2D eigenvalue weighted by Crippen LogP contribution is 2.62. The van der Waals surface area contributed by atoms with Gasteiger partial charge < -0.3 is 14.2 Å². The topological polar surface area (TPSA) is 19.6 Å². The number of nitrogens with zero attached hydrogens (tertiary/aromatic N) is 2. The highest BCUT2D eigenvalue weighted by Gasteiger charge is 2.49. The number of hydrogen-bond donors (Lipinski definition) is 0. The van der Waals surface area contributed by atoms with Crippen LogP contribution in [0, 0.1) is 0 Å². The molecule has 0 radical (unpaired) electrons. The average Bonchev–Trinajstić information content (AvgIpc) is 1.53. The summed E-state index contributed by atoms with van der Waals surface area (Å²) < 4.78 is 9.92. The summed E-state index contributed by atoms with van der Waals surface area (Å²) >= 11 is 1.86. The van der Waals surface area contributed by atoms with Crippen LogP contribution in [0.2, 0.25) is 0 Å². The molecule has 0 bridgehead atoms. The molecule has 0 amide bonds. The first-order valence-electron chi connectivity index (χ1n) is 41.9. The molecule has 0 spiro atoms. The predicted molar refractivity (Wildman–Crippen MR) is 502 cm³/mol. The Kier molecular flexibility index (Phi) is 15.5.